The Morgan fingerprint density at radius 3 is 2.19 bits per heavy atom. The lowest BCUT2D eigenvalue weighted by atomic mass is 9.73. The van der Waals surface area contributed by atoms with Crippen LogP contribution in [0.2, 0.25) is 0 Å². The van der Waals surface area contributed by atoms with Gasteiger partial charge in [0.1, 0.15) is 0 Å². The minimum Gasteiger partial charge on any atom is -0.357 e. The van der Waals surface area contributed by atoms with Gasteiger partial charge in [-0.2, -0.15) is 0 Å². The minimum absolute atomic E-state index is 0.312. The Morgan fingerprint density at radius 2 is 1.31 bits per heavy atom. The van der Waals surface area contributed by atoms with Crippen LogP contribution in [0.25, 0.3) is 54.6 Å². The summed E-state index contributed by atoms with van der Waals surface area (Å²) in [6, 6.07) is 26.5. The van der Waals surface area contributed by atoms with E-state index in [2.05, 4.69) is 107 Å². The van der Waals surface area contributed by atoms with E-state index in [4.69, 9.17) is 0 Å². The molecule has 32 heavy (non-hydrogen) atoms. The van der Waals surface area contributed by atoms with E-state index in [-0.39, 0.29) is 0 Å². The molecule has 2 nitrogen and oxygen atoms in total. The Balaban J connectivity index is 1.58. The number of benzene rings is 4. The molecule has 0 radical (unpaired) electrons. The van der Waals surface area contributed by atoms with Crippen molar-refractivity contribution >= 4 is 43.4 Å². The second kappa shape index (κ2) is 5.80. The zero-order chi connectivity index (χ0) is 20.8. The van der Waals surface area contributed by atoms with Gasteiger partial charge in [-0.25, -0.2) is 0 Å². The average Bonchev–Trinajstić information content (AvgIpc) is 3.43. The van der Waals surface area contributed by atoms with Crippen molar-refractivity contribution in [2.24, 2.45) is 0 Å². The maximum absolute atomic E-state index is 3.88. The molecule has 0 fully saturated rings. The van der Waals surface area contributed by atoms with Crippen molar-refractivity contribution < 1.29 is 0 Å². The molecule has 0 amide bonds. The molecule has 6 aromatic rings. The Kier molecular flexibility index (Phi) is 3.01. The van der Waals surface area contributed by atoms with E-state index in [0.29, 0.717) is 11.8 Å². The summed E-state index contributed by atoms with van der Waals surface area (Å²) in [5, 5.41) is 7.86. The maximum Gasteiger partial charge on any atom is 0.0542 e. The summed E-state index contributed by atoms with van der Waals surface area (Å²) in [4.78, 5) is 7.72. The van der Waals surface area contributed by atoms with Gasteiger partial charge < -0.3 is 9.97 Å². The van der Waals surface area contributed by atoms with E-state index in [1.807, 2.05) is 0 Å². The van der Waals surface area contributed by atoms with E-state index in [1.54, 1.807) is 0 Å². The molecule has 0 bridgehead atoms. The molecule has 0 aliphatic heterocycles. The van der Waals surface area contributed by atoms with Crippen LogP contribution in [-0.2, 0) is 0 Å². The van der Waals surface area contributed by atoms with Crippen LogP contribution in [0.1, 0.15) is 23.1 Å². The lowest BCUT2D eigenvalue weighted by Crippen LogP contribution is -2.15. The molecule has 2 N–H and O–H groups in total. The van der Waals surface area contributed by atoms with Gasteiger partial charge in [-0.15, -0.1) is 0 Å². The molecule has 0 saturated heterocycles. The standard InChI is InChI=1S/C30H20N2/c1-3-9-19-17(7-1)14-16-24-25(19)26-21-11-5-6-12-22(21)29-27(30(26)31-24)23-15-13-18-8-2-4-10-20(18)28(23)32-29/h1-16,21-22,31-32H. The topological polar surface area (TPSA) is 31.6 Å². The molecule has 2 aliphatic rings. The number of rotatable bonds is 0. The Labute approximate surface area is 184 Å². The number of aromatic nitrogens is 2. The van der Waals surface area contributed by atoms with Crippen molar-refractivity contribution in [1.82, 2.24) is 9.97 Å². The zero-order valence-electron chi connectivity index (χ0n) is 17.4. The fourth-order valence-corrected chi connectivity index (χ4v) is 6.16. The summed E-state index contributed by atoms with van der Waals surface area (Å²) >= 11 is 0. The normalized spacial score (nSPS) is 19.0. The van der Waals surface area contributed by atoms with Crippen molar-refractivity contribution in [1.29, 1.82) is 0 Å². The molecule has 2 aliphatic carbocycles. The molecule has 150 valence electrons. The van der Waals surface area contributed by atoms with Crippen LogP contribution in [0, 0.1) is 0 Å². The van der Waals surface area contributed by atoms with Crippen molar-refractivity contribution in [3.63, 3.8) is 0 Å². The van der Waals surface area contributed by atoms with Crippen LogP contribution < -0.4 is 0 Å². The highest BCUT2D eigenvalue weighted by Gasteiger charge is 2.37. The van der Waals surface area contributed by atoms with Crippen molar-refractivity contribution in [2.45, 2.75) is 11.8 Å². The fraction of sp³-hybridized carbons (Fsp3) is 0.0667. The third-order valence-corrected chi connectivity index (χ3v) is 7.51. The largest absolute Gasteiger partial charge is 0.357 e. The third-order valence-electron chi connectivity index (χ3n) is 7.51. The maximum atomic E-state index is 3.88. The van der Waals surface area contributed by atoms with Crippen LogP contribution in [0.3, 0.4) is 0 Å². The molecule has 4 aromatic carbocycles. The highest BCUT2D eigenvalue weighted by Crippen LogP contribution is 2.54. The highest BCUT2D eigenvalue weighted by molar-refractivity contribution is 6.16. The average molecular weight is 409 g/mol. The van der Waals surface area contributed by atoms with Gasteiger partial charge in [-0.3, -0.25) is 0 Å². The van der Waals surface area contributed by atoms with E-state index >= 15 is 0 Å². The quantitative estimate of drug-likeness (QED) is 0.256. The summed E-state index contributed by atoms with van der Waals surface area (Å²) in [6.07, 6.45) is 9.16. The van der Waals surface area contributed by atoms with Gasteiger partial charge in [-0.05, 0) is 27.8 Å². The highest BCUT2D eigenvalue weighted by atomic mass is 14.8. The predicted octanol–water partition coefficient (Wildman–Crippen LogP) is 7.93. The third kappa shape index (κ3) is 1.95. The van der Waals surface area contributed by atoms with Crippen LogP contribution in [-0.4, -0.2) is 9.97 Å². The number of hydrogen-bond donors (Lipinski definition) is 2. The predicted molar refractivity (Wildman–Crippen MR) is 134 cm³/mol. The molecule has 2 aromatic heterocycles. The summed E-state index contributed by atoms with van der Waals surface area (Å²) in [6.45, 7) is 0. The molecule has 0 spiro atoms. The van der Waals surface area contributed by atoms with Crippen LogP contribution in [0.5, 0.6) is 0 Å². The smallest absolute Gasteiger partial charge is 0.0542 e. The van der Waals surface area contributed by atoms with Gasteiger partial charge in [0.15, 0.2) is 0 Å². The van der Waals surface area contributed by atoms with E-state index in [0.717, 1.165) is 0 Å². The Bertz CT molecular complexity index is 1790. The van der Waals surface area contributed by atoms with Crippen molar-refractivity contribution in [3.05, 3.63) is 108 Å². The number of H-pyrrole nitrogens is 2. The number of aromatic amines is 2. The molecule has 2 unspecified atom stereocenters. The van der Waals surface area contributed by atoms with Gasteiger partial charge >= 0.3 is 0 Å². The molecule has 0 saturated carbocycles. The van der Waals surface area contributed by atoms with E-state index in [1.165, 1.54) is 65.9 Å². The Morgan fingerprint density at radius 1 is 0.594 bits per heavy atom. The summed E-state index contributed by atoms with van der Waals surface area (Å²) < 4.78 is 0. The number of fused-ring (bicyclic) bond motifs is 14. The van der Waals surface area contributed by atoms with Crippen LogP contribution in [0.15, 0.2) is 97.1 Å². The van der Waals surface area contributed by atoms with Gasteiger partial charge in [0.05, 0.1) is 11.2 Å². The molecular weight excluding hydrogens is 388 g/mol. The SMILES string of the molecule is C1=CC2c3[nH]c4c(ccc5ccccc54)c3-c3[nH]c4ccc5ccccc5c4c3C2C=C1. The second-order valence-electron chi connectivity index (χ2n) is 9.07. The number of nitrogens with one attached hydrogen (secondary N) is 2. The minimum atomic E-state index is 0.312. The lowest BCUT2D eigenvalue weighted by molar-refractivity contribution is 0.709. The van der Waals surface area contributed by atoms with Gasteiger partial charge in [0, 0.05) is 44.8 Å². The number of allylic oxidation sites excluding steroid dienone is 4. The van der Waals surface area contributed by atoms with Crippen LogP contribution >= 0.6 is 0 Å². The molecule has 2 atom stereocenters. The fourth-order valence-electron chi connectivity index (χ4n) is 6.16. The summed E-state index contributed by atoms with van der Waals surface area (Å²) in [5.41, 5.74) is 7.83. The lowest BCUT2D eigenvalue weighted by Gasteiger charge is -2.30. The van der Waals surface area contributed by atoms with Gasteiger partial charge in [0.25, 0.3) is 0 Å². The first kappa shape index (κ1) is 16.6. The monoisotopic (exact) mass is 408 g/mol. The van der Waals surface area contributed by atoms with E-state index < -0.39 is 0 Å². The summed E-state index contributed by atoms with van der Waals surface area (Å²) in [7, 11) is 0. The molecule has 2 heteroatoms. The molecule has 2 heterocycles. The molecule has 8 rings (SSSR count). The van der Waals surface area contributed by atoms with Crippen molar-refractivity contribution in [3.8, 4) is 11.3 Å². The first-order valence-electron chi connectivity index (χ1n) is 11.3. The molecular formula is C30H20N2. The Hall–Kier alpha value is -4.04. The van der Waals surface area contributed by atoms with Crippen LogP contribution in [0.4, 0.5) is 0 Å². The van der Waals surface area contributed by atoms with E-state index in [9.17, 15) is 0 Å². The second-order valence-corrected chi connectivity index (χ2v) is 9.07. The first-order chi connectivity index (χ1) is 15.9. The van der Waals surface area contributed by atoms with Gasteiger partial charge in [0.2, 0.25) is 0 Å². The summed E-state index contributed by atoms with van der Waals surface area (Å²) in [5.74, 6) is 0.632. The van der Waals surface area contributed by atoms with Crippen molar-refractivity contribution in [2.75, 3.05) is 0 Å². The number of hydrogen-bond acceptors (Lipinski definition) is 0. The first-order valence-corrected chi connectivity index (χ1v) is 11.3. The van der Waals surface area contributed by atoms with Gasteiger partial charge in [-0.1, -0.05) is 91.0 Å². The zero-order valence-corrected chi connectivity index (χ0v) is 17.4.